The summed E-state index contributed by atoms with van der Waals surface area (Å²) in [7, 11) is -3.33. The first kappa shape index (κ1) is 18.8. The Balaban J connectivity index is 2.31. The van der Waals surface area contributed by atoms with Gasteiger partial charge >= 0.3 is 7.60 Å². The molecule has 2 rings (SSSR count). The summed E-state index contributed by atoms with van der Waals surface area (Å²) in [6, 6.07) is 6.75. The molecular weight excluding hydrogens is 329 g/mol. The van der Waals surface area contributed by atoms with Gasteiger partial charge < -0.3 is 9.05 Å². The number of rotatable bonds is 7. The minimum Gasteiger partial charge on any atom is -0.309 e. The van der Waals surface area contributed by atoms with E-state index < -0.39 is 7.60 Å². The number of hydrogen-bond donors (Lipinski definition) is 0. The molecule has 1 atom stereocenters. The lowest BCUT2D eigenvalue weighted by atomic mass is 10.1. The average molecular weight is 353 g/mol. The van der Waals surface area contributed by atoms with Crippen molar-refractivity contribution in [2.45, 2.75) is 45.8 Å². The quantitative estimate of drug-likeness (QED) is 0.553. The molecular formula is C17H24NO5P. The fourth-order valence-electron chi connectivity index (χ4n) is 2.87. The highest BCUT2D eigenvalue weighted by atomic mass is 31.2. The van der Waals surface area contributed by atoms with Crippen molar-refractivity contribution in [2.75, 3.05) is 13.2 Å². The highest BCUT2D eigenvalue weighted by Crippen LogP contribution is 2.51. The Morgan fingerprint density at radius 1 is 1.25 bits per heavy atom. The topological polar surface area (TPSA) is 72.9 Å². The van der Waals surface area contributed by atoms with Crippen LogP contribution in [0.15, 0.2) is 24.3 Å². The molecule has 1 aliphatic rings. The van der Waals surface area contributed by atoms with Crippen LogP contribution in [-0.4, -0.2) is 36.0 Å². The van der Waals surface area contributed by atoms with Crippen molar-refractivity contribution >= 4 is 19.4 Å². The molecule has 0 radical (unpaired) electrons. The van der Waals surface area contributed by atoms with Crippen LogP contribution in [0.5, 0.6) is 0 Å². The third-order valence-electron chi connectivity index (χ3n) is 3.97. The number of hydrogen-bond acceptors (Lipinski definition) is 5. The second-order valence-electron chi connectivity index (χ2n) is 5.72. The molecule has 0 N–H and O–H groups in total. The van der Waals surface area contributed by atoms with E-state index in [1.807, 2.05) is 6.92 Å². The second kappa shape index (κ2) is 8.06. The summed E-state index contributed by atoms with van der Waals surface area (Å²) in [6.07, 6.45) is 1.06. The maximum atomic E-state index is 12.8. The fourth-order valence-corrected chi connectivity index (χ4v) is 4.61. The zero-order valence-corrected chi connectivity index (χ0v) is 15.3. The predicted octanol–water partition coefficient (Wildman–Crippen LogP) is 3.60. The van der Waals surface area contributed by atoms with Crippen LogP contribution >= 0.6 is 7.60 Å². The van der Waals surface area contributed by atoms with E-state index in [0.717, 1.165) is 0 Å². The molecule has 0 bridgehead atoms. The van der Waals surface area contributed by atoms with E-state index in [1.54, 1.807) is 38.1 Å². The zero-order valence-electron chi connectivity index (χ0n) is 14.4. The first-order chi connectivity index (χ1) is 11.4. The molecule has 1 aromatic carbocycles. The van der Waals surface area contributed by atoms with Gasteiger partial charge in [0.2, 0.25) is 5.91 Å². The van der Waals surface area contributed by atoms with E-state index in [4.69, 9.17) is 9.05 Å². The summed E-state index contributed by atoms with van der Waals surface area (Å²) in [4.78, 5) is 26.1. The van der Waals surface area contributed by atoms with Gasteiger partial charge in [0, 0.05) is 18.0 Å². The van der Waals surface area contributed by atoms with Gasteiger partial charge in [-0.2, -0.15) is 0 Å². The van der Waals surface area contributed by atoms with Gasteiger partial charge in [-0.1, -0.05) is 18.2 Å². The molecule has 132 valence electrons. The van der Waals surface area contributed by atoms with Crippen LogP contribution in [0.4, 0.5) is 0 Å². The Kier molecular flexibility index (Phi) is 6.33. The molecule has 1 aliphatic heterocycles. The molecule has 1 aromatic rings. The lowest BCUT2D eigenvalue weighted by molar-refractivity contribution is -0.126. The van der Waals surface area contributed by atoms with Crippen LogP contribution in [0.25, 0.3) is 0 Å². The molecule has 0 spiro atoms. The van der Waals surface area contributed by atoms with E-state index in [1.165, 1.54) is 4.90 Å². The van der Waals surface area contributed by atoms with Gasteiger partial charge in [-0.15, -0.1) is 0 Å². The first-order valence-electron chi connectivity index (χ1n) is 8.24. The van der Waals surface area contributed by atoms with Gasteiger partial charge in [0.05, 0.1) is 19.4 Å². The van der Waals surface area contributed by atoms with Crippen molar-refractivity contribution in [1.29, 1.82) is 0 Å². The Hall–Kier alpha value is -1.49. The van der Waals surface area contributed by atoms with E-state index in [-0.39, 0.29) is 37.2 Å². The van der Waals surface area contributed by atoms with E-state index in [9.17, 15) is 14.2 Å². The monoisotopic (exact) mass is 353 g/mol. The molecule has 0 unspecified atom stereocenters. The summed E-state index contributed by atoms with van der Waals surface area (Å²) in [6.45, 7) is 5.86. The van der Waals surface area contributed by atoms with Gasteiger partial charge in [-0.3, -0.25) is 19.1 Å². The Morgan fingerprint density at radius 3 is 2.42 bits per heavy atom. The largest absolute Gasteiger partial charge is 0.335 e. The van der Waals surface area contributed by atoms with Crippen molar-refractivity contribution in [1.82, 2.24) is 4.90 Å². The van der Waals surface area contributed by atoms with Gasteiger partial charge in [-0.05, 0) is 38.8 Å². The molecule has 7 heteroatoms. The standard InChI is InChI=1S/C17H24NO5P/c1-4-22-24(21,23-5-2)12-14-8-6-7-9-15(14)17(20)18-13(3)10-11-16(18)19/h6-9,13H,4-5,10-12H2,1-3H3/t13-/m1/s1. The van der Waals surface area contributed by atoms with Gasteiger partial charge in [0.15, 0.2) is 0 Å². The molecule has 6 nitrogen and oxygen atoms in total. The number of likely N-dealkylation sites (tertiary alicyclic amines) is 1. The van der Waals surface area contributed by atoms with Gasteiger partial charge in [0.25, 0.3) is 5.91 Å². The number of amides is 2. The van der Waals surface area contributed by atoms with Crippen molar-refractivity contribution < 1.29 is 23.2 Å². The Labute approximate surface area is 142 Å². The molecule has 0 aliphatic carbocycles. The third kappa shape index (κ3) is 4.12. The molecule has 1 saturated heterocycles. The van der Waals surface area contributed by atoms with E-state index in [2.05, 4.69) is 0 Å². The molecule has 24 heavy (non-hydrogen) atoms. The minimum absolute atomic E-state index is 0.00695. The predicted molar refractivity (Wildman–Crippen MR) is 90.9 cm³/mol. The highest BCUT2D eigenvalue weighted by molar-refractivity contribution is 7.53. The number of carbonyl (C=O) groups is 2. The maximum absolute atomic E-state index is 12.8. The molecule has 2 amide bonds. The van der Waals surface area contributed by atoms with Crippen LogP contribution in [0, 0.1) is 0 Å². The van der Waals surface area contributed by atoms with Gasteiger partial charge in [-0.25, -0.2) is 0 Å². The molecule has 0 aromatic heterocycles. The summed E-state index contributed by atoms with van der Waals surface area (Å²) >= 11 is 0. The van der Waals surface area contributed by atoms with Crippen molar-refractivity contribution in [3.05, 3.63) is 35.4 Å². The van der Waals surface area contributed by atoms with Crippen molar-refractivity contribution in [2.24, 2.45) is 0 Å². The molecule has 1 fully saturated rings. The Bertz CT molecular complexity index is 650. The number of imide groups is 1. The fraction of sp³-hybridized carbons (Fsp3) is 0.529. The summed E-state index contributed by atoms with van der Waals surface area (Å²) < 4.78 is 23.4. The van der Waals surface area contributed by atoms with Crippen LogP contribution in [0.3, 0.4) is 0 Å². The SMILES string of the molecule is CCOP(=O)(Cc1ccccc1C(=O)N1C(=O)CC[C@H]1C)OCC. The maximum Gasteiger partial charge on any atom is 0.335 e. The van der Waals surface area contributed by atoms with E-state index in [0.29, 0.717) is 24.0 Å². The molecule has 0 saturated carbocycles. The first-order valence-corrected chi connectivity index (χ1v) is 9.97. The third-order valence-corrected chi connectivity index (χ3v) is 6.00. The second-order valence-corrected chi connectivity index (χ2v) is 7.77. The van der Waals surface area contributed by atoms with Gasteiger partial charge in [0.1, 0.15) is 0 Å². The highest BCUT2D eigenvalue weighted by Gasteiger charge is 2.35. The van der Waals surface area contributed by atoms with Crippen molar-refractivity contribution in [3.63, 3.8) is 0 Å². The number of benzene rings is 1. The molecule has 1 heterocycles. The van der Waals surface area contributed by atoms with Crippen LogP contribution in [0.1, 0.15) is 49.5 Å². The average Bonchev–Trinajstić information content (AvgIpc) is 2.86. The van der Waals surface area contributed by atoms with Crippen molar-refractivity contribution in [3.8, 4) is 0 Å². The summed E-state index contributed by atoms with van der Waals surface area (Å²) in [5.74, 6) is -0.514. The van der Waals surface area contributed by atoms with E-state index >= 15 is 0 Å². The lowest BCUT2D eigenvalue weighted by Gasteiger charge is -2.22. The lowest BCUT2D eigenvalue weighted by Crippen LogP contribution is -2.37. The summed E-state index contributed by atoms with van der Waals surface area (Å²) in [5, 5.41) is 0. The van der Waals surface area contributed by atoms with Crippen LogP contribution in [0.2, 0.25) is 0 Å². The Morgan fingerprint density at radius 2 is 1.88 bits per heavy atom. The summed E-state index contributed by atoms with van der Waals surface area (Å²) in [5.41, 5.74) is 0.943. The number of carbonyl (C=O) groups excluding carboxylic acids is 2. The van der Waals surface area contributed by atoms with Crippen LogP contribution < -0.4 is 0 Å². The smallest absolute Gasteiger partial charge is 0.309 e. The normalized spacial score (nSPS) is 18.2. The minimum atomic E-state index is -3.33. The zero-order chi connectivity index (χ0) is 17.7. The van der Waals surface area contributed by atoms with Crippen LogP contribution in [-0.2, 0) is 24.6 Å². The number of nitrogens with zero attached hydrogens (tertiary/aromatic N) is 1.